The van der Waals surface area contributed by atoms with E-state index >= 15 is 0 Å². The van der Waals surface area contributed by atoms with Gasteiger partial charge in [-0.15, -0.1) is 0 Å². The fourth-order valence-corrected chi connectivity index (χ4v) is 3.44. The van der Waals surface area contributed by atoms with Gasteiger partial charge in [-0.25, -0.2) is 4.79 Å². The predicted octanol–water partition coefficient (Wildman–Crippen LogP) is 2.59. The molecule has 148 valence electrons. The van der Waals surface area contributed by atoms with Gasteiger partial charge >= 0.3 is 6.09 Å². The maximum Gasteiger partial charge on any atom is 0.408 e. The minimum atomic E-state index is -0.546. The number of thiocarbonyl (C=S) groups is 1. The van der Waals surface area contributed by atoms with Crippen LogP contribution in [0, 0.1) is 0 Å². The van der Waals surface area contributed by atoms with Crippen LogP contribution in [0.25, 0.3) is 0 Å². The van der Waals surface area contributed by atoms with E-state index in [1.807, 2.05) is 39.0 Å². The molecule has 27 heavy (non-hydrogen) atoms. The number of rotatable bonds is 3. The Hall–Kier alpha value is -2.06. The van der Waals surface area contributed by atoms with Gasteiger partial charge in [-0.1, -0.05) is 6.07 Å². The van der Waals surface area contributed by atoms with E-state index in [1.165, 1.54) is 0 Å². The SMILES string of the molecule is CC(C)(C)OC(=O)N[C@H]1COCC[C@H]1NC(=S)Nc1cccc2c1CCO2. The molecule has 2 atom stereocenters. The maximum absolute atomic E-state index is 12.1. The number of alkyl carbamates (subject to hydrolysis) is 1. The van der Waals surface area contributed by atoms with Crippen molar-refractivity contribution in [2.45, 2.75) is 51.3 Å². The van der Waals surface area contributed by atoms with Crippen molar-refractivity contribution in [2.75, 3.05) is 25.1 Å². The first kappa shape index (κ1) is 19.7. The summed E-state index contributed by atoms with van der Waals surface area (Å²) in [4.78, 5) is 12.1. The van der Waals surface area contributed by atoms with E-state index < -0.39 is 11.7 Å². The third-order valence-corrected chi connectivity index (χ3v) is 4.59. The van der Waals surface area contributed by atoms with Crippen LogP contribution < -0.4 is 20.7 Å². The van der Waals surface area contributed by atoms with Crippen molar-refractivity contribution < 1.29 is 19.0 Å². The maximum atomic E-state index is 12.1. The van der Waals surface area contributed by atoms with Crippen LogP contribution in [-0.2, 0) is 15.9 Å². The van der Waals surface area contributed by atoms with Crippen LogP contribution in [0.3, 0.4) is 0 Å². The monoisotopic (exact) mass is 393 g/mol. The molecule has 0 spiro atoms. The van der Waals surface area contributed by atoms with Gasteiger partial charge in [0.1, 0.15) is 11.4 Å². The fourth-order valence-electron chi connectivity index (χ4n) is 3.18. The molecule has 1 saturated heterocycles. The minimum Gasteiger partial charge on any atom is -0.493 e. The molecule has 0 bridgehead atoms. The molecule has 7 nitrogen and oxygen atoms in total. The fraction of sp³-hybridized carbons (Fsp3) is 0.579. The molecule has 0 unspecified atom stereocenters. The molecule has 0 aliphatic carbocycles. The Bertz CT molecular complexity index is 705. The van der Waals surface area contributed by atoms with E-state index in [1.54, 1.807) is 0 Å². The highest BCUT2D eigenvalue weighted by atomic mass is 32.1. The summed E-state index contributed by atoms with van der Waals surface area (Å²) in [6.45, 7) is 7.22. The second kappa shape index (κ2) is 8.31. The number of ether oxygens (including phenoxy) is 3. The van der Waals surface area contributed by atoms with E-state index in [0.29, 0.717) is 24.9 Å². The zero-order valence-corrected chi connectivity index (χ0v) is 16.8. The van der Waals surface area contributed by atoms with E-state index in [0.717, 1.165) is 29.8 Å². The first-order chi connectivity index (χ1) is 12.8. The number of anilines is 1. The van der Waals surface area contributed by atoms with Crippen molar-refractivity contribution in [1.82, 2.24) is 10.6 Å². The summed E-state index contributed by atoms with van der Waals surface area (Å²) >= 11 is 5.49. The molecular formula is C19H27N3O4S. The number of nitrogens with one attached hydrogen (secondary N) is 3. The molecule has 1 fully saturated rings. The lowest BCUT2D eigenvalue weighted by Gasteiger charge is -2.34. The van der Waals surface area contributed by atoms with Crippen LogP contribution in [0.15, 0.2) is 18.2 Å². The van der Waals surface area contributed by atoms with Gasteiger partial charge in [-0.05, 0) is 51.5 Å². The van der Waals surface area contributed by atoms with Gasteiger partial charge in [0.2, 0.25) is 0 Å². The Morgan fingerprint density at radius 2 is 2.04 bits per heavy atom. The van der Waals surface area contributed by atoms with Crippen molar-refractivity contribution in [3.05, 3.63) is 23.8 Å². The summed E-state index contributed by atoms with van der Waals surface area (Å²) < 4.78 is 16.4. The lowest BCUT2D eigenvalue weighted by atomic mass is 10.0. The van der Waals surface area contributed by atoms with Crippen LogP contribution in [0.2, 0.25) is 0 Å². The highest BCUT2D eigenvalue weighted by molar-refractivity contribution is 7.80. The lowest BCUT2D eigenvalue weighted by Crippen LogP contribution is -2.57. The lowest BCUT2D eigenvalue weighted by molar-refractivity contribution is 0.0278. The molecule has 2 aliphatic rings. The summed E-state index contributed by atoms with van der Waals surface area (Å²) in [5, 5.41) is 9.96. The van der Waals surface area contributed by atoms with Gasteiger partial charge in [-0.3, -0.25) is 0 Å². The Balaban J connectivity index is 1.58. The van der Waals surface area contributed by atoms with E-state index in [2.05, 4.69) is 16.0 Å². The topological polar surface area (TPSA) is 80.9 Å². The van der Waals surface area contributed by atoms with E-state index in [-0.39, 0.29) is 12.1 Å². The third kappa shape index (κ3) is 5.46. The van der Waals surface area contributed by atoms with Crippen molar-refractivity contribution in [3.8, 4) is 5.75 Å². The first-order valence-electron chi connectivity index (χ1n) is 9.21. The third-order valence-electron chi connectivity index (χ3n) is 4.37. The van der Waals surface area contributed by atoms with Gasteiger partial charge in [0.15, 0.2) is 5.11 Å². The number of amides is 1. The van der Waals surface area contributed by atoms with Gasteiger partial charge in [-0.2, -0.15) is 0 Å². The molecule has 1 aromatic rings. The standard InChI is InChI=1S/C19H27N3O4S/c1-19(2,3)26-18(23)22-15-11-24-9-8-14(15)21-17(27)20-13-5-4-6-16-12(13)7-10-25-16/h4-6,14-15H,7-11H2,1-3H3,(H,22,23)(H2,20,21,27)/t14-,15+/m1/s1. The molecule has 0 radical (unpaired) electrons. The van der Waals surface area contributed by atoms with Crippen LogP contribution >= 0.6 is 12.2 Å². The average molecular weight is 394 g/mol. The molecule has 3 N–H and O–H groups in total. The van der Waals surface area contributed by atoms with Crippen molar-refractivity contribution >= 4 is 29.1 Å². The smallest absolute Gasteiger partial charge is 0.408 e. The molecule has 2 heterocycles. The van der Waals surface area contributed by atoms with Crippen molar-refractivity contribution in [3.63, 3.8) is 0 Å². The zero-order chi connectivity index (χ0) is 19.4. The number of hydrogen-bond donors (Lipinski definition) is 3. The van der Waals surface area contributed by atoms with Crippen LogP contribution in [0.4, 0.5) is 10.5 Å². The Labute approximate surface area is 165 Å². The molecular weight excluding hydrogens is 366 g/mol. The number of carbonyl (C=O) groups is 1. The van der Waals surface area contributed by atoms with Gasteiger partial charge in [0, 0.05) is 24.3 Å². The highest BCUT2D eigenvalue weighted by Crippen LogP contribution is 2.31. The summed E-state index contributed by atoms with van der Waals surface area (Å²) in [7, 11) is 0. The Kier molecular flexibility index (Phi) is 6.06. The summed E-state index contributed by atoms with van der Waals surface area (Å²) in [6.07, 6.45) is 1.14. The molecule has 2 aliphatic heterocycles. The zero-order valence-electron chi connectivity index (χ0n) is 16.0. The molecule has 0 aromatic heterocycles. The van der Waals surface area contributed by atoms with Crippen LogP contribution in [0.5, 0.6) is 5.75 Å². The predicted molar refractivity (Wildman–Crippen MR) is 107 cm³/mol. The second-order valence-electron chi connectivity index (χ2n) is 7.70. The molecule has 8 heteroatoms. The molecule has 0 saturated carbocycles. The van der Waals surface area contributed by atoms with Crippen LogP contribution in [0.1, 0.15) is 32.8 Å². The van der Waals surface area contributed by atoms with Crippen molar-refractivity contribution in [1.29, 1.82) is 0 Å². The van der Waals surface area contributed by atoms with Crippen molar-refractivity contribution in [2.24, 2.45) is 0 Å². The minimum absolute atomic E-state index is 0.0423. The van der Waals surface area contributed by atoms with Gasteiger partial charge in [0.25, 0.3) is 0 Å². The normalized spacial score (nSPS) is 21.6. The summed E-state index contributed by atoms with van der Waals surface area (Å²) in [5.74, 6) is 0.901. The number of benzene rings is 1. The summed E-state index contributed by atoms with van der Waals surface area (Å²) in [5.41, 5.74) is 1.54. The number of fused-ring (bicyclic) bond motifs is 1. The molecule has 3 rings (SSSR count). The number of hydrogen-bond acceptors (Lipinski definition) is 5. The molecule has 1 aromatic carbocycles. The first-order valence-corrected chi connectivity index (χ1v) is 9.62. The summed E-state index contributed by atoms with van der Waals surface area (Å²) in [6, 6.07) is 5.62. The Morgan fingerprint density at radius 1 is 1.22 bits per heavy atom. The van der Waals surface area contributed by atoms with E-state index in [4.69, 9.17) is 26.4 Å². The van der Waals surface area contributed by atoms with E-state index in [9.17, 15) is 4.79 Å². The quantitative estimate of drug-likeness (QED) is 0.681. The average Bonchev–Trinajstić information content (AvgIpc) is 3.04. The second-order valence-corrected chi connectivity index (χ2v) is 8.11. The van der Waals surface area contributed by atoms with Crippen LogP contribution in [-0.4, -0.2) is 48.7 Å². The van der Waals surface area contributed by atoms with Gasteiger partial charge < -0.3 is 30.2 Å². The highest BCUT2D eigenvalue weighted by Gasteiger charge is 2.29. The largest absolute Gasteiger partial charge is 0.493 e. The van der Waals surface area contributed by atoms with Gasteiger partial charge in [0.05, 0.1) is 25.3 Å². The number of carbonyl (C=O) groups excluding carboxylic acids is 1. The molecule has 1 amide bonds. The Morgan fingerprint density at radius 3 is 2.81 bits per heavy atom.